The first-order valence-corrected chi connectivity index (χ1v) is 18.9. The van der Waals surface area contributed by atoms with E-state index in [1.54, 1.807) is 37.8 Å². The number of ether oxygens (including phenoxy) is 3. The molecule has 2 aliphatic rings. The molecule has 286 valence electrons. The number of likely N-dealkylation sites (tertiary alicyclic amines) is 1. The number of likely N-dealkylation sites (N-methyl/N-ethyl adjacent to an activating group) is 1. The normalized spacial score (nSPS) is 18.0. The van der Waals surface area contributed by atoms with Crippen molar-refractivity contribution >= 4 is 38.5 Å². The Balaban J connectivity index is 1.37. The summed E-state index contributed by atoms with van der Waals surface area (Å²) < 4.78 is 73.9. The second-order valence-corrected chi connectivity index (χ2v) is 15.9. The highest BCUT2D eigenvalue weighted by atomic mass is 32.2. The number of benzene rings is 2. The number of aromatic nitrogens is 3. The second kappa shape index (κ2) is 15.6. The first kappa shape index (κ1) is 38.4. The fraction of sp³-hybridized carbons (Fsp3) is 0.432. The Hall–Kier alpha value is -5.34. The van der Waals surface area contributed by atoms with Crippen LogP contribution in [-0.4, -0.2) is 110 Å². The molecule has 2 atom stereocenters. The maximum absolute atomic E-state index is 14.5. The van der Waals surface area contributed by atoms with E-state index in [1.807, 2.05) is 11.0 Å². The van der Waals surface area contributed by atoms with Crippen LogP contribution in [0.3, 0.4) is 0 Å². The highest BCUT2D eigenvalue weighted by Crippen LogP contribution is 2.35. The van der Waals surface area contributed by atoms with E-state index in [1.165, 1.54) is 19.4 Å². The van der Waals surface area contributed by atoms with Gasteiger partial charge in [-0.2, -0.15) is 9.97 Å². The Labute approximate surface area is 312 Å². The predicted molar refractivity (Wildman–Crippen MR) is 198 cm³/mol. The van der Waals surface area contributed by atoms with Crippen molar-refractivity contribution in [2.45, 2.75) is 56.2 Å². The molecule has 2 saturated heterocycles. The summed E-state index contributed by atoms with van der Waals surface area (Å²) in [5, 5.41) is 0.636. The molecule has 4 aromatic rings. The molecule has 0 radical (unpaired) electrons. The zero-order valence-corrected chi connectivity index (χ0v) is 31.5. The second-order valence-electron chi connectivity index (χ2n) is 14.2. The number of methoxy groups -OCH3 is 1. The minimum Gasteiger partial charge on any atom is -0.480 e. The Kier molecular flexibility index (Phi) is 11.1. The quantitative estimate of drug-likeness (QED) is 0.202. The van der Waals surface area contributed by atoms with Crippen molar-refractivity contribution < 1.29 is 36.2 Å². The lowest BCUT2D eigenvalue weighted by atomic mass is 10.0. The van der Waals surface area contributed by atoms with E-state index >= 15 is 0 Å². The van der Waals surface area contributed by atoms with Crippen LogP contribution in [0.2, 0.25) is 0 Å². The van der Waals surface area contributed by atoms with E-state index in [0.29, 0.717) is 53.6 Å². The maximum atomic E-state index is 14.5. The third kappa shape index (κ3) is 8.55. The van der Waals surface area contributed by atoms with Gasteiger partial charge >= 0.3 is 12.1 Å². The Morgan fingerprint density at radius 1 is 1.06 bits per heavy atom. The molecule has 1 amide bonds. The van der Waals surface area contributed by atoms with Crippen LogP contribution in [0.25, 0.3) is 26.9 Å². The number of nitrogens with one attached hydrogen (secondary N) is 1. The zero-order chi connectivity index (χ0) is 38.8. The van der Waals surface area contributed by atoms with Gasteiger partial charge in [-0.3, -0.25) is 9.62 Å². The van der Waals surface area contributed by atoms with Gasteiger partial charge in [-0.1, -0.05) is 6.07 Å². The first-order valence-electron chi connectivity index (χ1n) is 17.4. The molecule has 54 heavy (non-hydrogen) atoms. The standard InChI is InChI=1S/C37H42F2N8O6S/c1-37(2,3)53-36(48)47-15-14-46(21-27(47)20-40-4)33-28-16-23(9-11-30(28)42-35(43-33)52-22-26-8-7-13-45(26)5)24-17-31(34(51-6)41-19-24)44-54(49,50)32-12-10-25(38)18-29(32)39/h9-12,16-19,26-27,44H,7-8,13-15,20-22H2,1-3,5-6H3/t26-,27-/m0/s1. The molecule has 14 nitrogen and oxygen atoms in total. The number of halogens is 2. The van der Waals surface area contributed by atoms with Crippen LogP contribution < -0.4 is 19.1 Å². The lowest BCUT2D eigenvalue weighted by Crippen LogP contribution is -2.57. The molecule has 4 heterocycles. The molecule has 6 rings (SSSR count). The van der Waals surface area contributed by atoms with Gasteiger partial charge in [0.05, 0.1) is 12.6 Å². The first-order chi connectivity index (χ1) is 25.7. The van der Waals surface area contributed by atoms with Crippen LogP contribution in [0.15, 0.2) is 53.6 Å². The zero-order valence-electron chi connectivity index (χ0n) is 30.7. The summed E-state index contributed by atoms with van der Waals surface area (Å²) in [7, 11) is -1.14. The number of hydrogen-bond donors (Lipinski definition) is 1. The summed E-state index contributed by atoms with van der Waals surface area (Å²) in [5.74, 6) is -1.71. The third-order valence-corrected chi connectivity index (χ3v) is 10.6. The van der Waals surface area contributed by atoms with Gasteiger partial charge in [0, 0.05) is 48.9 Å². The van der Waals surface area contributed by atoms with Crippen LogP contribution in [0.1, 0.15) is 33.6 Å². The number of hydrogen-bond acceptors (Lipinski definition) is 11. The molecule has 0 aliphatic carbocycles. The average Bonchev–Trinajstić information content (AvgIpc) is 3.53. The van der Waals surface area contributed by atoms with Gasteiger partial charge in [-0.15, -0.1) is 0 Å². The number of amides is 1. The molecular weight excluding hydrogens is 723 g/mol. The highest BCUT2D eigenvalue weighted by molar-refractivity contribution is 7.92. The molecule has 0 saturated carbocycles. The molecular formula is C37H42F2N8O6S. The van der Waals surface area contributed by atoms with Crippen molar-refractivity contribution in [3.63, 3.8) is 0 Å². The number of nitrogens with zero attached hydrogens (tertiary/aromatic N) is 7. The van der Waals surface area contributed by atoms with Gasteiger partial charge in [0.2, 0.25) is 12.4 Å². The predicted octanol–water partition coefficient (Wildman–Crippen LogP) is 5.60. The lowest BCUT2D eigenvalue weighted by Gasteiger charge is -2.40. The maximum Gasteiger partial charge on any atom is 0.410 e. The van der Waals surface area contributed by atoms with Gasteiger partial charge in [0.1, 0.15) is 46.3 Å². The van der Waals surface area contributed by atoms with Crippen LogP contribution in [0.5, 0.6) is 11.9 Å². The molecule has 2 aromatic carbocycles. The minimum atomic E-state index is -4.51. The van der Waals surface area contributed by atoms with Crippen molar-refractivity contribution in [3.8, 4) is 23.0 Å². The number of carbonyl (C=O) groups excluding carboxylic acids is 1. The SMILES string of the molecule is [C-]#[N+]C[C@H]1CN(c2nc(OC[C@@H]3CCCN3C)nc3ccc(-c4cnc(OC)c(NS(=O)(=O)c5ccc(F)cc5F)c4)cc23)CCN1C(=O)OC(C)(C)C. The van der Waals surface area contributed by atoms with Crippen LogP contribution >= 0.6 is 0 Å². The fourth-order valence-electron chi connectivity index (χ4n) is 6.55. The number of sulfonamides is 1. The summed E-state index contributed by atoms with van der Waals surface area (Å²) in [6.07, 6.45) is 3.08. The summed E-state index contributed by atoms with van der Waals surface area (Å²) in [6.45, 7) is 15.4. The summed E-state index contributed by atoms with van der Waals surface area (Å²) >= 11 is 0. The van der Waals surface area contributed by atoms with E-state index in [0.717, 1.165) is 31.5 Å². The van der Waals surface area contributed by atoms with Crippen molar-refractivity contribution in [1.29, 1.82) is 0 Å². The highest BCUT2D eigenvalue weighted by Gasteiger charge is 2.36. The van der Waals surface area contributed by atoms with Crippen molar-refractivity contribution in [2.75, 3.05) is 63.1 Å². The van der Waals surface area contributed by atoms with Gasteiger partial charge < -0.3 is 28.9 Å². The lowest BCUT2D eigenvalue weighted by molar-refractivity contribution is 0.0155. The van der Waals surface area contributed by atoms with Crippen LogP contribution in [0, 0.1) is 18.2 Å². The summed E-state index contributed by atoms with van der Waals surface area (Å²) in [5.41, 5.74) is 0.886. The number of fused-ring (bicyclic) bond motifs is 1. The molecule has 0 spiro atoms. The molecule has 2 aromatic heterocycles. The van der Waals surface area contributed by atoms with E-state index in [9.17, 15) is 22.0 Å². The Morgan fingerprint density at radius 2 is 1.85 bits per heavy atom. The molecule has 0 unspecified atom stereocenters. The topological polar surface area (TPSA) is 144 Å². The number of piperazine rings is 1. The van der Waals surface area contributed by atoms with Crippen LogP contribution in [-0.2, 0) is 14.8 Å². The molecule has 2 aliphatic heterocycles. The van der Waals surface area contributed by atoms with E-state index in [2.05, 4.69) is 26.5 Å². The monoisotopic (exact) mass is 764 g/mol. The smallest absolute Gasteiger partial charge is 0.410 e. The Morgan fingerprint density at radius 3 is 2.54 bits per heavy atom. The van der Waals surface area contributed by atoms with E-state index < -0.39 is 44.3 Å². The van der Waals surface area contributed by atoms with Crippen LogP contribution in [0.4, 0.5) is 25.1 Å². The number of rotatable bonds is 10. The van der Waals surface area contributed by atoms with Crippen molar-refractivity contribution in [3.05, 3.63) is 71.7 Å². The van der Waals surface area contributed by atoms with Gasteiger partial charge in [-0.05, 0) is 83.1 Å². The minimum absolute atomic E-state index is 0.0550. The van der Waals surface area contributed by atoms with Crippen molar-refractivity contribution in [1.82, 2.24) is 24.8 Å². The Bertz CT molecular complexity index is 2200. The number of pyridine rings is 1. The average molecular weight is 765 g/mol. The third-order valence-electron chi connectivity index (χ3n) is 9.25. The summed E-state index contributed by atoms with van der Waals surface area (Å²) in [4.78, 5) is 35.8. The van der Waals surface area contributed by atoms with Gasteiger partial charge in [0.15, 0.2) is 0 Å². The number of anilines is 2. The molecule has 17 heteroatoms. The largest absolute Gasteiger partial charge is 0.480 e. The molecule has 1 N–H and O–H groups in total. The van der Waals surface area contributed by atoms with Crippen molar-refractivity contribution in [2.24, 2.45) is 0 Å². The summed E-state index contributed by atoms with van der Waals surface area (Å²) in [6, 6.07) is 9.02. The van der Waals surface area contributed by atoms with Gasteiger partial charge in [0.25, 0.3) is 10.0 Å². The number of carbonyl (C=O) groups is 1. The molecule has 2 fully saturated rings. The van der Waals surface area contributed by atoms with E-state index in [-0.39, 0.29) is 36.7 Å². The van der Waals surface area contributed by atoms with E-state index in [4.69, 9.17) is 30.8 Å². The van der Waals surface area contributed by atoms with Gasteiger partial charge in [-0.25, -0.2) is 33.5 Å². The fourth-order valence-corrected chi connectivity index (χ4v) is 7.65. The molecule has 0 bridgehead atoms.